The molecule has 73 heavy (non-hydrogen) atoms. The van der Waals surface area contributed by atoms with Crippen LogP contribution in [-0.2, 0) is 14.3 Å². The van der Waals surface area contributed by atoms with Crippen LogP contribution in [-0.4, -0.2) is 110 Å². The van der Waals surface area contributed by atoms with E-state index in [4.69, 9.17) is 9.47 Å². The largest absolute Gasteiger partial charge is 0.394 e. The fourth-order valence-corrected chi connectivity index (χ4v) is 10.2. The van der Waals surface area contributed by atoms with Crippen LogP contribution in [0.3, 0.4) is 0 Å². The summed E-state index contributed by atoms with van der Waals surface area (Å²) in [4.78, 5) is 13.2. The van der Waals surface area contributed by atoms with Gasteiger partial charge in [-0.1, -0.05) is 269 Å². The Balaban J connectivity index is 2.30. The summed E-state index contributed by atoms with van der Waals surface area (Å²) in [5.41, 5.74) is 0. The number of aliphatic hydroxyl groups is 7. The van der Waals surface area contributed by atoms with Crippen LogP contribution in [0, 0.1) is 0 Å². The standard InChI is InChI=1S/C62H119NO10/c1-3-5-7-9-11-13-15-17-19-21-23-25-27-28-30-31-33-35-37-39-41-43-45-47-49-54(65)57(67)53(52-72-62-60(70)59(69)58(68)56(51-64)73-62)63-61(71)55(66)50-48-46-44-42-40-38-36-34-32-29-26-24-22-20-18-16-14-12-10-8-6-4-2/h33,35,41,43,53-60,62,64-70H,3-32,34,36-40,42,44-52H2,1-2H3,(H,63,71)/b35-33+,43-41+. The lowest BCUT2D eigenvalue weighted by Gasteiger charge is -2.40. The van der Waals surface area contributed by atoms with Crippen LogP contribution in [0.5, 0.6) is 0 Å². The van der Waals surface area contributed by atoms with Crippen LogP contribution < -0.4 is 5.32 Å². The van der Waals surface area contributed by atoms with Crippen molar-refractivity contribution in [2.75, 3.05) is 13.2 Å². The molecule has 9 unspecified atom stereocenters. The van der Waals surface area contributed by atoms with Crippen LogP contribution in [0.1, 0.15) is 296 Å². The van der Waals surface area contributed by atoms with Gasteiger partial charge >= 0.3 is 0 Å². The molecule has 1 saturated heterocycles. The SMILES string of the molecule is CCCCCCCCCCCCCCCCC/C=C/CC/C=C/CCCC(O)C(O)C(COC1OC(CO)C(O)C(O)C1O)NC(=O)C(O)CCCCCCCCCCCCCCCCCCCCCCCC. The molecule has 11 nitrogen and oxygen atoms in total. The molecule has 432 valence electrons. The predicted molar refractivity (Wildman–Crippen MR) is 302 cm³/mol. The van der Waals surface area contributed by atoms with Crippen molar-refractivity contribution in [3.05, 3.63) is 24.3 Å². The third-order valence-corrected chi connectivity index (χ3v) is 15.2. The van der Waals surface area contributed by atoms with Gasteiger partial charge in [0, 0.05) is 0 Å². The van der Waals surface area contributed by atoms with Crippen LogP contribution in [0.2, 0.25) is 0 Å². The van der Waals surface area contributed by atoms with Gasteiger partial charge in [-0.2, -0.15) is 0 Å². The predicted octanol–water partition coefficient (Wildman–Crippen LogP) is 13.7. The zero-order valence-electron chi connectivity index (χ0n) is 47.4. The number of aliphatic hydroxyl groups excluding tert-OH is 7. The molecule has 0 radical (unpaired) electrons. The number of carbonyl (C=O) groups excluding carboxylic acids is 1. The molecule has 0 aromatic rings. The Labute approximate surface area is 448 Å². The Morgan fingerprint density at radius 3 is 1.22 bits per heavy atom. The molecule has 0 saturated carbocycles. The molecular formula is C62H119NO10. The highest BCUT2D eigenvalue weighted by atomic mass is 16.7. The van der Waals surface area contributed by atoms with Gasteiger partial charge in [0.25, 0.3) is 0 Å². The third kappa shape index (κ3) is 39.6. The third-order valence-electron chi connectivity index (χ3n) is 15.2. The van der Waals surface area contributed by atoms with Gasteiger partial charge < -0.3 is 50.5 Å². The minimum Gasteiger partial charge on any atom is -0.394 e. The molecule has 0 spiro atoms. The summed E-state index contributed by atoms with van der Waals surface area (Å²) in [6, 6.07) is -1.19. The van der Waals surface area contributed by atoms with E-state index in [-0.39, 0.29) is 12.8 Å². The molecular weight excluding hydrogens is 919 g/mol. The lowest BCUT2D eigenvalue weighted by atomic mass is 9.98. The zero-order valence-corrected chi connectivity index (χ0v) is 47.4. The Morgan fingerprint density at radius 2 is 0.822 bits per heavy atom. The highest BCUT2D eigenvalue weighted by Gasteiger charge is 2.44. The van der Waals surface area contributed by atoms with Gasteiger partial charge in [0.2, 0.25) is 5.91 Å². The second kappa shape index (κ2) is 51.4. The normalized spacial score (nSPS) is 20.0. The fourth-order valence-electron chi connectivity index (χ4n) is 10.2. The highest BCUT2D eigenvalue weighted by Crippen LogP contribution is 2.23. The van der Waals surface area contributed by atoms with Crippen LogP contribution >= 0.6 is 0 Å². The van der Waals surface area contributed by atoms with Gasteiger partial charge in [0.05, 0.1) is 25.4 Å². The van der Waals surface area contributed by atoms with Crippen LogP contribution in [0.15, 0.2) is 24.3 Å². The number of rotatable bonds is 54. The average molecular weight is 1040 g/mol. The molecule has 8 N–H and O–H groups in total. The number of nitrogens with one attached hydrogen (secondary N) is 1. The first-order valence-electron chi connectivity index (χ1n) is 31.2. The number of amides is 1. The topological polar surface area (TPSA) is 189 Å². The van der Waals surface area contributed by atoms with Crippen LogP contribution in [0.25, 0.3) is 0 Å². The van der Waals surface area contributed by atoms with Gasteiger partial charge in [-0.3, -0.25) is 4.79 Å². The molecule has 1 heterocycles. The monoisotopic (exact) mass is 1040 g/mol. The summed E-state index contributed by atoms with van der Waals surface area (Å²) in [6.45, 7) is 3.48. The Kier molecular flexibility index (Phi) is 49.0. The first-order valence-corrected chi connectivity index (χ1v) is 31.2. The molecule has 1 aliphatic rings. The van der Waals surface area contributed by atoms with Gasteiger partial charge in [-0.05, 0) is 51.4 Å². The van der Waals surface area contributed by atoms with E-state index in [1.54, 1.807) is 0 Å². The maximum atomic E-state index is 13.2. The van der Waals surface area contributed by atoms with Crippen molar-refractivity contribution in [3.8, 4) is 0 Å². The number of allylic oxidation sites excluding steroid dienone is 4. The molecule has 0 aromatic carbocycles. The first-order chi connectivity index (χ1) is 35.7. The zero-order chi connectivity index (χ0) is 53.3. The highest BCUT2D eigenvalue weighted by molar-refractivity contribution is 5.80. The smallest absolute Gasteiger partial charge is 0.249 e. The maximum absolute atomic E-state index is 13.2. The molecule has 1 rings (SSSR count). The minimum atomic E-state index is -1.67. The maximum Gasteiger partial charge on any atom is 0.249 e. The number of ether oxygens (including phenoxy) is 2. The van der Waals surface area contributed by atoms with Crippen LogP contribution in [0.4, 0.5) is 0 Å². The van der Waals surface area contributed by atoms with E-state index in [1.807, 2.05) is 0 Å². The molecule has 0 aromatic heterocycles. The lowest BCUT2D eigenvalue weighted by Crippen LogP contribution is -2.60. The molecule has 0 bridgehead atoms. The molecule has 1 amide bonds. The lowest BCUT2D eigenvalue weighted by molar-refractivity contribution is -0.303. The summed E-state index contributed by atoms with van der Waals surface area (Å²) in [5.74, 6) is -0.705. The molecule has 1 aliphatic heterocycles. The summed E-state index contributed by atoms with van der Waals surface area (Å²) >= 11 is 0. The number of carbonyl (C=O) groups is 1. The second-order valence-corrected chi connectivity index (χ2v) is 22.1. The van der Waals surface area contributed by atoms with Crippen molar-refractivity contribution in [3.63, 3.8) is 0 Å². The number of hydrogen-bond donors (Lipinski definition) is 8. The average Bonchev–Trinajstić information content (AvgIpc) is 3.39. The molecule has 0 aliphatic carbocycles. The summed E-state index contributed by atoms with van der Waals surface area (Å²) in [6.07, 6.45) is 51.0. The van der Waals surface area contributed by atoms with Crippen molar-refractivity contribution < 1.29 is 50.0 Å². The van der Waals surface area contributed by atoms with E-state index in [1.165, 1.54) is 212 Å². The van der Waals surface area contributed by atoms with Gasteiger partial charge in [0.15, 0.2) is 6.29 Å². The van der Waals surface area contributed by atoms with Gasteiger partial charge in [-0.15, -0.1) is 0 Å². The van der Waals surface area contributed by atoms with E-state index in [2.05, 4.69) is 43.5 Å². The van der Waals surface area contributed by atoms with E-state index >= 15 is 0 Å². The Morgan fingerprint density at radius 1 is 0.466 bits per heavy atom. The molecule has 1 fully saturated rings. The second-order valence-electron chi connectivity index (χ2n) is 22.1. The Hall–Kier alpha value is -1.41. The van der Waals surface area contributed by atoms with E-state index < -0.39 is 74.2 Å². The summed E-state index contributed by atoms with van der Waals surface area (Å²) in [5, 5.41) is 76.2. The number of unbranched alkanes of at least 4 members (excludes halogenated alkanes) is 38. The minimum absolute atomic E-state index is 0.249. The van der Waals surface area contributed by atoms with E-state index in [0.717, 1.165) is 38.5 Å². The molecule has 11 heteroatoms. The molecule has 9 atom stereocenters. The fraction of sp³-hybridized carbons (Fsp3) is 0.919. The van der Waals surface area contributed by atoms with Crippen molar-refractivity contribution in [1.29, 1.82) is 0 Å². The van der Waals surface area contributed by atoms with Crippen molar-refractivity contribution in [1.82, 2.24) is 5.32 Å². The Bertz CT molecular complexity index is 1240. The quantitative estimate of drug-likeness (QED) is 0.0215. The van der Waals surface area contributed by atoms with Crippen molar-refractivity contribution in [2.24, 2.45) is 0 Å². The summed E-state index contributed by atoms with van der Waals surface area (Å²) < 4.78 is 11.1. The van der Waals surface area contributed by atoms with Crippen molar-refractivity contribution >= 4 is 5.91 Å². The van der Waals surface area contributed by atoms with E-state index in [0.29, 0.717) is 19.3 Å². The summed E-state index contributed by atoms with van der Waals surface area (Å²) in [7, 11) is 0. The van der Waals surface area contributed by atoms with E-state index in [9.17, 15) is 40.5 Å². The van der Waals surface area contributed by atoms with Gasteiger partial charge in [0.1, 0.15) is 36.6 Å². The number of hydrogen-bond acceptors (Lipinski definition) is 10. The van der Waals surface area contributed by atoms with Crippen molar-refractivity contribution in [2.45, 2.75) is 351 Å². The first kappa shape index (κ1) is 69.6. The van der Waals surface area contributed by atoms with Gasteiger partial charge in [-0.25, -0.2) is 0 Å².